The molecule has 0 unspecified atom stereocenters. The van der Waals surface area contributed by atoms with Gasteiger partial charge in [0.05, 0.1) is 4.92 Å². The number of nitrogens with zero attached hydrogens (tertiary/aromatic N) is 1. The molecule has 2 aromatic carbocycles. The standard InChI is InChI=1S/C17H17ClN2O3S/c1-12-6-7-13(10-16(12)20(22)23)17(21)19-8-9-24-11-14-4-2-3-5-15(14)18/h2-7,10H,8-9,11H2,1H3,(H,19,21). The number of nitrogens with one attached hydrogen (secondary N) is 1. The summed E-state index contributed by atoms with van der Waals surface area (Å²) in [5.41, 5.74) is 1.84. The molecule has 0 aliphatic carbocycles. The second-order valence-corrected chi connectivity index (χ2v) is 6.67. The third-order valence-corrected chi connectivity index (χ3v) is 4.79. The summed E-state index contributed by atoms with van der Waals surface area (Å²) in [4.78, 5) is 22.5. The van der Waals surface area contributed by atoms with Gasteiger partial charge in [0, 0.05) is 40.3 Å². The van der Waals surface area contributed by atoms with E-state index in [1.807, 2.05) is 24.3 Å². The summed E-state index contributed by atoms with van der Waals surface area (Å²) in [5.74, 6) is 1.19. The van der Waals surface area contributed by atoms with Crippen molar-refractivity contribution in [3.8, 4) is 0 Å². The molecule has 2 rings (SSSR count). The fourth-order valence-electron chi connectivity index (χ4n) is 2.08. The minimum atomic E-state index is -0.481. The molecular weight excluding hydrogens is 348 g/mol. The van der Waals surface area contributed by atoms with E-state index >= 15 is 0 Å². The maximum absolute atomic E-state index is 12.1. The lowest BCUT2D eigenvalue weighted by atomic mass is 10.1. The molecule has 0 atom stereocenters. The molecular formula is C17H17ClN2O3S. The fourth-order valence-corrected chi connectivity index (χ4v) is 3.23. The third-order valence-electron chi connectivity index (χ3n) is 3.42. The number of rotatable bonds is 7. The molecule has 0 spiro atoms. The number of nitro groups is 1. The first-order valence-electron chi connectivity index (χ1n) is 7.33. The van der Waals surface area contributed by atoms with Gasteiger partial charge in [-0.05, 0) is 24.6 Å². The Morgan fingerprint density at radius 3 is 2.75 bits per heavy atom. The molecule has 0 heterocycles. The molecule has 0 aliphatic rings. The Bertz CT molecular complexity index is 752. The number of hydrogen-bond acceptors (Lipinski definition) is 4. The molecule has 7 heteroatoms. The minimum Gasteiger partial charge on any atom is -0.351 e. The molecule has 24 heavy (non-hydrogen) atoms. The van der Waals surface area contributed by atoms with Gasteiger partial charge in [0.25, 0.3) is 11.6 Å². The number of benzene rings is 2. The van der Waals surface area contributed by atoms with Crippen molar-refractivity contribution in [2.45, 2.75) is 12.7 Å². The molecule has 0 aromatic heterocycles. The van der Waals surface area contributed by atoms with Gasteiger partial charge in [-0.25, -0.2) is 0 Å². The van der Waals surface area contributed by atoms with E-state index in [0.29, 0.717) is 17.7 Å². The van der Waals surface area contributed by atoms with Crippen LogP contribution in [-0.4, -0.2) is 23.1 Å². The Morgan fingerprint density at radius 2 is 2.04 bits per heavy atom. The van der Waals surface area contributed by atoms with E-state index in [1.165, 1.54) is 6.07 Å². The van der Waals surface area contributed by atoms with Crippen molar-refractivity contribution in [3.63, 3.8) is 0 Å². The van der Waals surface area contributed by atoms with Crippen LogP contribution in [0.5, 0.6) is 0 Å². The lowest BCUT2D eigenvalue weighted by Crippen LogP contribution is -2.25. The molecule has 2 aromatic rings. The molecule has 5 nitrogen and oxygen atoms in total. The van der Waals surface area contributed by atoms with Crippen molar-refractivity contribution < 1.29 is 9.72 Å². The van der Waals surface area contributed by atoms with Crippen LogP contribution in [0.4, 0.5) is 5.69 Å². The largest absolute Gasteiger partial charge is 0.351 e. The van der Waals surface area contributed by atoms with Crippen molar-refractivity contribution in [3.05, 3.63) is 74.3 Å². The highest BCUT2D eigenvalue weighted by Gasteiger charge is 2.14. The Labute approximate surface area is 149 Å². The van der Waals surface area contributed by atoms with Gasteiger partial charge in [0.2, 0.25) is 0 Å². The highest BCUT2D eigenvalue weighted by molar-refractivity contribution is 7.98. The fraction of sp³-hybridized carbons (Fsp3) is 0.235. The van der Waals surface area contributed by atoms with Gasteiger partial charge in [-0.15, -0.1) is 0 Å². The van der Waals surface area contributed by atoms with Crippen molar-refractivity contribution in [1.29, 1.82) is 0 Å². The predicted molar refractivity (Wildman–Crippen MR) is 97.8 cm³/mol. The summed E-state index contributed by atoms with van der Waals surface area (Å²) < 4.78 is 0. The van der Waals surface area contributed by atoms with Crippen molar-refractivity contribution in [2.75, 3.05) is 12.3 Å². The molecule has 1 amide bonds. The molecule has 0 bridgehead atoms. The molecule has 1 N–H and O–H groups in total. The van der Waals surface area contributed by atoms with E-state index in [4.69, 9.17) is 11.6 Å². The summed E-state index contributed by atoms with van der Waals surface area (Å²) in [6.45, 7) is 2.13. The first-order chi connectivity index (χ1) is 11.5. The Balaban J connectivity index is 1.80. The van der Waals surface area contributed by atoms with Crippen LogP contribution in [-0.2, 0) is 5.75 Å². The first-order valence-corrected chi connectivity index (χ1v) is 8.86. The van der Waals surface area contributed by atoms with Crippen molar-refractivity contribution in [1.82, 2.24) is 5.32 Å². The molecule has 126 valence electrons. The highest BCUT2D eigenvalue weighted by atomic mass is 35.5. The number of nitro benzene ring substituents is 1. The molecule has 0 aliphatic heterocycles. The van der Waals surface area contributed by atoms with Gasteiger partial charge in [-0.2, -0.15) is 11.8 Å². The number of aryl methyl sites for hydroxylation is 1. The molecule has 0 fully saturated rings. The van der Waals surface area contributed by atoms with Crippen LogP contribution in [0, 0.1) is 17.0 Å². The topological polar surface area (TPSA) is 72.2 Å². The lowest BCUT2D eigenvalue weighted by Gasteiger charge is -2.07. The van der Waals surface area contributed by atoms with Crippen molar-refractivity contribution >= 4 is 35.0 Å². The maximum Gasteiger partial charge on any atom is 0.273 e. The minimum absolute atomic E-state index is 0.0456. The zero-order chi connectivity index (χ0) is 17.5. The molecule has 0 saturated carbocycles. The molecule has 0 radical (unpaired) electrons. The Hall–Kier alpha value is -2.05. The van der Waals surface area contributed by atoms with Gasteiger partial charge in [-0.3, -0.25) is 14.9 Å². The average molecular weight is 365 g/mol. The van der Waals surface area contributed by atoms with Gasteiger partial charge >= 0.3 is 0 Å². The van der Waals surface area contributed by atoms with Crippen LogP contribution in [0.25, 0.3) is 0 Å². The summed E-state index contributed by atoms with van der Waals surface area (Å²) in [6.07, 6.45) is 0. The molecule has 0 saturated heterocycles. The van der Waals surface area contributed by atoms with Gasteiger partial charge in [-0.1, -0.05) is 35.9 Å². The number of halogens is 1. The number of carbonyl (C=O) groups excluding carboxylic acids is 1. The average Bonchev–Trinajstić information content (AvgIpc) is 2.56. The van der Waals surface area contributed by atoms with Crippen LogP contribution in [0.15, 0.2) is 42.5 Å². The van der Waals surface area contributed by atoms with E-state index in [2.05, 4.69) is 5.32 Å². The second-order valence-electron chi connectivity index (χ2n) is 5.16. The number of hydrogen-bond donors (Lipinski definition) is 1. The summed E-state index contributed by atoms with van der Waals surface area (Å²) in [5, 5.41) is 14.4. The second kappa shape index (κ2) is 8.70. The maximum atomic E-state index is 12.1. The normalized spacial score (nSPS) is 10.4. The predicted octanol–water partition coefficient (Wildman–Crippen LogP) is 4.22. The van der Waals surface area contributed by atoms with Crippen LogP contribution >= 0.6 is 23.4 Å². The zero-order valence-electron chi connectivity index (χ0n) is 13.1. The van der Waals surface area contributed by atoms with Gasteiger partial charge in [0.15, 0.2) is 0 Å². The van der Waals surface area contributed by atoms with Crippen LogP contribution in [0.3, 0.4) is 0 Å². The highest BCUT2D eigenvalue weighted by Crippen LogP contribution is 2.21. The summed E-state index contributed by atoms with van der Waals surface area (Å²) in [7, 11) is 0. The van der Waals surface area contributed by atoms with E-state index in [9.17, 15) is 14.9 Å². The smallest absolute Gasteiger partial charge is 0.273 e. The monoisotopic (exact) mass is 364 g/mol. The lowest BCUT2D eigenvalue weighted by molar-refractivity contribution is -0.385. The van der Waals surface area contributed by atoms with Crippen LogP contribution < -0.4 is 5.32 Å². The Morgan fingerprint density at radius 1 is 1.29 bits per heavy atom. The summed E-state index contributed by atoms with van der Waals surface area (Å²) >= 11 is 7.74. The van der Waals surface area contributed by atoms with Crippen molar-refractivity contribution in [2.24, 2.45) is 0 Å². The number of thioether (sulfide) groups is 1. The Kier molecular flexibility index (Phi) is 6.63. The van der Waals surface area contributed by atoms with E-state index in [0.717, 1.165) is 22.1 Å². The van der Waals surface area contributed by atoms with E-state index in [-0.39, 0.29) is 11.6 Å². The number of amides is 1. The van der Waals surface area contributed by atoms with Crippen LogP contribution in [0.2, 0.25) is 5.02 Å². The van der Waals surface area contributed by atoms with Gasteiger partial charge < -0.3 is 5.32 Å². The van der Waals surface area contributed by atoms with Gasteiger partial charge in [0.1, 0.15) is 0 Å². The van der Waals surface area contributed by atoms with E-state index in [1.54, 1.807) is 30.8 Å². The SMILES string of the molecule is Cc1ccc(C(=O)NCCSCc2ccccc2Cl)cc1[N+](=O)[O-]. The first kappa shape index (κ1) is 18.3. The number of carbonyl (C=O) groups is 1. The van der Waals surface area contributed by atoms with E-state index < -0.39 is 4.92 Å². The third kappa shape index (κ3) is 4.97. The quantitative estimate of drug-likeness (QED) is 0.453. The summed E-state index contributed by atoms with van der Waals surface area (Å²) in [6, 6.07) is 12.1. The zero-order valence-corrected chi connectivity index (χ0v) is 14.7. The van der Waals surface area contributed by atoms with Crippen LogP contribution in [0.1, 0.15) is 21.5 Å².